The molecule has 8 nitrogen and oxygen atoms in total. The molecule has 4 N–H and O–H groups in total. The third kappa shape index (κ3) is 5.49. The average molecular weight is 433 g/mol. The molecule has 0 saturated heterocycles. The van der Waals surface area contributed by atoms with Crippen molar-refractivity contribution in [1.82, 2.24) is 4.98 Å². The second kappa shape index (κ2) is 8.43. The predicted octanol–water partition coefficient (Wildman–Crippen LogP) is 1.58. The van der Waals surface area contributed by atoms with Crippen molar-refractivity contribution in [3.63, 3.8) is 0 Å². The summed E-state index contributed by atoms with van der Waals surface area (Å²) >= 11 is 0. The summed E-state index contributed by atoms with van der Waals surface area (Å²) in [5, 5.41) is 19.9. The van der Waals surface area contributed by atoms with E-state index in [1.165, 1.54) is 6.07 Å². The van der Waals surface area contributed by atoms with E-state index in [9.17, 15) is 31.5 Å². The highest BCUT2D eigenvalue weighted by molar-refractivity contribution is 7.90. The van der Waals surface area contributed by atoms with E-state index in [0.29, 0.717) is 17.0 Å². The molecule has 1 aromatic carbocycles. The van der Waals surface area contributed by atoms with Crippen molar-refractivity contribution in [1.29, 1.82) is 0 Å². The van der Waals surface area contributed by atoms with Crippen LogP contribution in [0.4, 0.5) is 13.2 Å². The van der Waals surface area contributed by atoms with Crippen molar-refractivity contribution < 1.29 is 36.6 Å². The molecule has 1 heterocycles. The summed E-state index contributed by atoms with van der Waals surface area (Å²) in [5.74, 6) is -2.53. The number of pyridine rings is 1. The van der Waals surface area contributed by atoms with Gasteiger partial charge in [-0.1, -0.05) is 24.3 Å². The lowest BCUT2D eigenvalue weighted by atomic mass is 9.94. The fourth-order valence-corrected chi connectivity index (χ4v) is 3.40. The molecule has 2 aromatic rings. The third-order valence-electron chi connectivity index (χ3n) is 4.16. The number of aliphatic carboxylic acids is 1. The molecule has 0 aliphatic rings. The summed E-state index contributed by atoms with van der Waals surface area (Å²) in [4.78, 5) is 14.2. The van der Waals surface area contributed by atoms with Crippen LogP contribution in [-0.2, 0) is 20.4 Å². The summed E-state index contributed by atoms with van der Waals surface area (Å²) < 4.78 is 67.8. The highest BCUT2D eigenvalue weighted by atomic mass is 32.2. The molecular formula is C17H18F3N3O5S. The number of aromatic nitrogens is 1. The molecule has 0 bridgehead atoms. The van der Waals surface area contributed by atoms with E-state index in [2.05, 4.69) is 9.38 Å². The van der Waals surface area contributed by atoms with Gasteiger partial charge in [-0.15, -0.1) is 0 Å². The normalized spacial score (nSPS) is 16.0. The third-order valence-corrected chi connectivity index (χ3v) is 5.35. The van der Waals surface area contributed by atoms with Gasteiger partial charge in [-0.05, 0) is 11.5 Å². The number of fused-ring (bicyclic) bond motifs is 1. The number of benzene rings is 1. The standard InChI is InChI=1S/C17H18F3N3O5S/c18-17(19,20)16(26,14-9-11-3-1-2-4-12(11)10-22-14)6-8-29(27,28)23-7-5-13(21)15(24)25/h1-4,7,9-10,13,26H,5-6,8,21H2,(H,24,25)/t13-,16?/m0/s1. The van der Waals surface area contributed by atoms with Crippen molar-refractivity contribution in [3.05, 3.63) is 42.2 Å². The molecule has 158 valence electrons. The van der Waals surface area contributed by atoms with Crippen LogP contribution in [0.3, 0.4) is 0 Å². The van der Waals surface area contributed by atoms with Gasteiger partial charge in [0, 0.05) is 30.6 Å². The SMILES string of the molecule is N[C@@H](CC=NS(=O)(=O)CCC(O)(c1cc2ccccc2cn1)C(F)(F)F)C(=O)O. The monoisotopic (exact) mass is 433 g/mol. The number of sulfonamides is 1. The number of rotatable bonds is 8. The number of halogens is 3. The summed E-state index contributed by atoms with van der Waals surface area (Å²) in [6.45, 7) is 0. The first-order chi connectivity index (χ1) is 13.4. The van der Waals surface area contributed by atoms with Gasteiger partial charge in [0.15, 0.2) is 0 Å². The maximum atomic E-state index is 13.6. The Hall–Kier alpha value is -2.57. The van der Waals surface area contributed by atoms with Gasteiger partial charge in [-0.25, -0.2) is 8.42 Å². The molecular weight excluding hydrogens is 415 g/mol. The van der Waals surface area contributed by atoms with Gasteiger partial charge < -0.3 is 15.9 Å². The molecule has 29 heavy (non-hydrogen) atoms. The number of aliphatic hydroxyl groups is 1. The van der Waals surface area contributed by atoms with Crippen LogP contribution in [0.1, 0.15) is 18.5 Å². The molecule has 0 saturated carbocycles. The molecule has 0 radical (unpaired) electrons. The molecule has 1 aromatic heterocycles. The van der Waals surface area contributed by atoms with Crippen molar-refractivity contribution in [2.75, 3.05) is 5.75 Å². The van der Waals surface area contributed by atoms with Crippen molar-refractivity contribution in [2.45, 2.75) is 30.7 Å². The van der Waals surface area contributed by atoms with Crippen LogP contribution >= 0.6 is 0 Å². The van der Waals surface area contributed by atoms with E-state index in [-0.39, 0.29) is 0 Å². The maximum absolute atomic E-state index is 13.6. The number of nitrogens with zero attached hydrogens (tertiary/aromatic N) is 2. The van der Waals surface area contributed by atoms with Crippen LogP contribution in [0.25, 0.3) is 10.8 Å². The van der Waals surface area contributed by atoms with Crippen LogP contribution in [0.15, 0.2) is 40.9 Å². The van der Waals surface area contributed by atoms with Crippen molar-refractivity contribution in [3.8, 4) is 0 Å². The van der Waals surface area contributed by atoms with Gasteiger partial charge in [0.05, 0.1) is 11.4 Å². The molecule has 12 heteroatoms. The first-order valence-corrected chi connectivity index (χ1v) is 9.86. The number of carbonyl (C=O) groups is 1. The van der Waals surface area contributed by atoms with Gasteiger partial charge in [-0.2, -0.15) is 17.6 Å². The summed E-state index contributed by atoms with van der Waals surface area (Å²) in [6, 6.07) is 6.07. The van der Waals surface area contributed by atoms with Crippen molar-refractivity contribution in [2.24, 2.45) is 10.1 Å². The molecule has 0 fully saturated rings. The van der Waals surface area contributed by atoms with E-state index in [1.807, 2.05) is 0 Å². The Labute approximate surface area is 163 Å². The zero-order valence-corrected chi connectivity index (χ0v) is 15.7. The molecule has 0 amide bonds. The Kier molecular flexibility index (Phi) is 6.60. The van der Waals surface area contributed by atoms with E-state index in [0.717, 1.165) is 12.3 Å². The zero-order chi connectivity index (χ0) is 21.9. The zero-order valence-electron chi connectivity index (χ0n) is 14.9. The smallest absolute Gasteiger partial charge is 0.423 e. The van der Waals surface area contributed by atoms with E-state index >= 15 is 0 Å². The summed E-state index contributed by atoms with van der Waals surface area (Å²) in [7, 11) is -4.41. The van der Waals surface area contributed by atoms with Gasteiger partial charge >= 0.3 is 12.1 Å². The number of carboxylic acid groups (broad SMARTS) is 1. The predicted molar refractivity (Wildman–Crippen MR) is 98.8 cm³/mol. The Morgan fingerprint density at radius 3 is 2.48 bits per heavy atom. The highest BCUT2D eigenvalue weighted by Gasteiger charge is 2.56. The number of nitrogens with two attached hydrogens (primary N) is 1. The lowest BCUT2D eigenvalue weighted by molar-refractivity contribution is -0.268. The maximum Gasteiger partial charge on any atom is 0.423 e. The first kappa shape index (κ1) is 22.7. The quantitative estimate of drug-likeness (QED) is 0.536. The lowest BCUT2D eigenvalue weighted by Gasteiger charge is -2.29. The van der Waals surface area contributed by atoms with Crippen LogP contribution in [-0.4, -0.2) is 53.8 Å². The van der Waals surface area contributed by atoms with Crippen LogP contribution in [0.5, 0.6) is 0 Å². The minimum Gasteiger partial charge on any atom is -0.480 e. The lowest BCUT2D eigenvalue weighted by Crippen LogP contribution is -2.44. The highest BCUT2D eigenvalue weighted by Crippen LogP contribution is 2.41. The number of hydrogen-bond donors (Lipinski definition) is 3. The molecule has 2 rings (SSSR count). The van der Waals surface area contributed by atoms with Crippen LogP contribution < -0.4 is 5.73 Å². The van der Waals surface area contributed by atoms with Crippen molar-refractivity contribution >= 4 is 33.0 Å². The Balaban J connectivity index is 2.26. The Morgan fingerprint density at radius 2 is 1.90 bits per heavy atom. The fraction of sp³-hybridized carbons (Fsp3) is 0.353. The second-order valence-corrected chi connectivity index (χ2v) is 8.06. The molecule has 2 atom stereocenters. The summed E-state index contributed by atoms with van der Waals surface area (Å²) in [5.41, 5.74) is 0.928. The van der Waals surface area contributed by atoms with E-state index in [4.69, 9.17) is 10.8 Å². The topological polar surface area (TPSA) is 143 Å². The summed E-state index contributed by atoms with van der Waals surface area (Å²) in [6.07, 6.45) is -5.01. The fourth-order valence-electron chi connectivity index (χ4n) is 2.43. The average Bonchev–Trinajstić information content (AvgIpc) is 2.64. The minimum atomic E-state index is -5.20. The molecule has 0 aliphatic heterocycles. The largest absolute Gasteiger partial charge is 0.480 e. The Bertz CT molecular complexity index is 1030. The van der Waals surface area contributed by atoms with E-state index < -0.39 is 58.1 Å². The minimum absolute atomic E-state index is 0.392. The number of carboxylic acids is 1. The van der Waals surface area contributed by atoms with Crippen LogP contribution in [0.2, 0.25) is 0 Å². The Morgan fingerprint density at radius 1 is 1.28 bits per heavy atom. The van der Waals surface area contributed by atoms with Gasteiger partial charge in [0.1, 0.15) is 6.04 Å². The number of alkyl halides is 3. The van der Waals surface area contributed by atoms with Gasteiger partial charge in [0.2, 0.25) is 5.60 Å². The molecule has 1 unspecified atom stereocenters. The first-order valence-electron chi connectivity index (χ1n) is 8.25. The molecule has 0 spiro atoms. The van der Waals surface area contributed by atoms with Gasteiger partial charge in [0.25, 0.3) is 10.0 Å². The van der Waals surface area contributed by atoms with E-state index in [1.54, 1.807) is 18.2 Å². The van der Waals surface area contributed by atoms with Gasteiger partial charge in [-0.3, -0.25) is 9.78 Å². The molecule has 0 aliphatic carbocycles. The second-order valence-electron chi connectivity index (χ2n) is 6.28. The number of hydrogen-bond acceptors (Lipinski definition) is 6. The van der Waals surface area contributed by atoms with Crippen LogP contribution in [0, 0.1) is 0 Å².